The molecular weight excluding hydrogens is 316 g/mol. The molecule has 1 nitrogen and oxygen atoms in total. The number of ether oxygens (including phenoxy) is 1. The molecule has 0 N–H and O–H groups in total. The highest BCUT2D eigenvalue weighted by molar-refractivity contribution is 4.95. The van der Waals surface area contributed by atoms with Crippen LogP contribution in [0.1, 0.15) is 91.4 Å². The van der Waals surface area contributed by atoms with Gasteiger partial charge in [0.1, 0.15) is 0 Å². The van der Waals surface area contributed by atoms with Crippen molar-refractivity contribution in [2.45, 2.75) is 97.5 Å². The van der Waals surface area contributed by atoms with Crippen LogP contribution in [0.5, 0.6) is 0 Å². The molecular formula is C25H44O. The molecule has 3 fully saturated rings. The molecule has 0 aromatic rings. The molecule has 0 aromatic heterocycles. The van der Waals surface area contributed by atoms with E-state index in [1.807, 2.05) is 7.11 Å². The van der Waals surface area contributed by atoms with Crippen molar-refractivity contribution in [1.82, 2.24) is 0 Å². The van der Waals surface area contributed by atoms with Gasteiger partial charge in [0.05, 0.1) is 6.10 Å². The van der Waals surface area contributed by atoms with Gasteiger partial charge in [-0.1, -0.05) is 32.9 Å². The summed E-state index contributed by atoms with van der Waals surface area (Å²) in [6.45, 7) is 7.45. The lowest BCUT2D eigenvalue weighted by Gasteiger charge is -2.48. The van der Waals surface area contributed by atoms with Crippen LogP contribution in [0.25, 0.3) is 0 Å². The molecule has 1 heteroatoms. The van der Waals surface area contributed by atoms with Crippen molar-refractivity contribution in [3.05, 3.63) is 12.2 Å². The second-order valence-electron chi connectivity index (χ2n) is 9.91. The monoisotopic (exact) mass is 360 g/mol. The van der Waals surface area contributed by atoms with Crippen molar-refractivity contribution in [3.63, 3.8) is 0 Å². The van der Waals surface area contributed by atoms with Crippen LogP contribution in [0.2, 0.25) is 0 Å². The van der Waals surface area contributed by atoms with E-state index in [1.54, 1.807) is 0 Å². The molecule has 0 saturated heterocycles. The van der Waals surface area contributed by atoms with Crippen LogP contribution in [0.15, 0.2) is 12.2 Å². The summed E-state index contributed by atoms with van der Waals surface area (Å²) < 4.78 is 5.60. The summed E-state index contributed by atoms with van der Waals surface area (Å²) in [5.74, 6) is 6.73. The Hall–Kier alpha value is -0.300. The largest absolute Gasteiger partial charge is 0.381 e. The van der Waals surface area contributed by atoms with Gasteiger partial charge in [0.2, 0.25) is 0 Å². The molecule has 0 aliphatic heterocycles. The van der Waals surface area contributed by atoms with E-state index < -0.39 is 0 Å². The zero-order valence-corrected chi connectivity index (χ0v) is 18.0. The van der Waals surface area contributed by atoms with E-state index in [0.717, 1.165) is 41.4 Å². The van der Waals surface area contributed by atoms with E-state index >= 15 is 0 Å². The van der Waals surface area contributed by atoms with Crippen molar-refractivity contribution in [3.8, 4) is 0 Å². The van der Waals surface area contributed by atoms with E-state index in [9.17, 15) is 0 Å². The van der Waals surface area contributed by atoms with Crippen molar-refractivity contribution in [2.24, 2.45) is 41.4 Å². The van der Waals surface area contributed by atoms with Crippen molar-refractivity contribution in [2.75, 3.05) is 7.11 Å². The summed E-state index contributed by atoms with van der Waals surface area (Å²) in [6.07, 6.45) is 21.0. The minimum absolute atomic E-state index is 0.548. The lowest BCUT2D eigenvalue weighted by atomic mass is 9.58. The minimum atomic E-state index is 0.548. The Balaban J connectivity index is 1.50. The van der Waals surface area contributed by atoms with Crippen LogP contribution >= 0.6 is 0 Å². The summed E-state index contributed by atoms with van der Waals surface area (Å²) in [4.78, 5) is 0. The fourth-order valence-electron chi connectivity index (χ4n) is 6.87. The van der Waals surface area contributed by atoms with Crippen LogP contribution in [-0.4, -0.2) is 13.2 Å². The highest BCUT2D eigenvalue weighted by atomic mass is 16.5. The van der Waals surface area contributed by atoms with Gasteiger partial charge in [0.25, 0.3) is 0 Å². The number of allylic oxidation sites excluding steroid dienone is 2. The molecule has 0 radical (unpaired) electrons. The summed E-state index contributed by atoms with van der Waals surface area (Å²) >= 11 is 0. The average molecular weight is 361 g/mol. The first-order chi connectivity index (χ1) is 12.6. The molecule has 0 aromatic carbocycles. The molecule has 150 valence electrons. The molecule has 26 heavy (non-hydrogen) atoms. The highest BCUT2D eigenvalue weighted by Gasteiger charge is 2.41. The standard InChI is InChI=1S/C25H44O/c1-5-6-7-20-8-10-21(11-9-20)24-16-17-25(19(3)18(24)2)22-12-14-23(26-4)15-13-22/h6-7,18-25H,5,8-17H2,1-4H3/b7-6+. The molecule has 4 unspecified atom stereocenters. The first kappa shape index (κ1) is 20.4. The van der Waals surface area contributed by atoms with Crippen molar-refractivity contribution < 1.29 is 4.74 Å². The predicted octanol–water partition coefficient (Wildman–Crippen LogP) is 7.26. The molecule has 3 saturated carbocycles. The fourth-order valence-corrected chi connectivity index (χ4v) is 6.87. The zero-order chi connectivity index (χ0) is 18.5. The molecule has 0 bridgehead atoms. The maximum atomic E-state index is 5.60. The molecule has 3 aliphatic rings. The second kappa shape index (κ2) is 9.76. The van der Waals surface area contributed by atoms with E-state index in [2.05, 4.69) is 32.9 Å². The van der Waals surface area contributed by atoms with E-state index in [4.69, 9.17) is 4.74 Å². The van der Waals surface area contributed by atoms with Crippen LogP contribution in [0, 0.1) is 41.4 Å². The Morgan fingerprint density at radius 2 is 1.23 bits per heavy atom. The minimum Gasteiger partial charge on any atom is -0.381 e. The summed E-state index contributed by atoms with van der Waals surface area (Å²) in [7, 11) is 1.90. The van der Waals surface area contributed by atoms with Gasteiger partial charge in [-0.05, 0) is 112 Å². The molecule has 4 atom stereocenters. The van der Waals surface area contributed by atoms with E-state index in [1.165, 1.54) is 70.6 Å². The van der Waals surface area contributed by atoms with Gasteiger partial charge in [-0.2, -0.15) is 0 Å². The SMILES string of the molecule is CC/C=C/C1CCC(C2CCC(C3CCC(OC)CC3)C(C)C2C)CC1. The van der Waals surface area contributed by atoms with Crippen LogP contribution in [0.3, 0.4) is 0 Å². The quantitative estimate of drug-likeness (QED) is 0.469. The van der Waals surface area contributed by atoms with Gasteiger partial charge in [-0.25, -0.2) is 0 Å². The van der Waals surface area contributed by atoms with Gasteiger partial charge < -0.3 is 4.74 Å². The molecule has 3 rings (SSSR count). The first-order valence-corrected chi connectivity index (χ1v) is 11.8. The highest BCUT2D eigenvalue weighted by Crippen LogP contribution is 2.50. The van der Waals surface area contributed by atoms with Crippen LogP contribution in [0.4, 0.5) is 0 Å². The van der Waals surface area contributed by atoms with E-state index in [-0.39, 0.29) is 0 Å². The lowest BCUT2D eigenvalue weighted by Crippen LogP contribution is -2.40. The Morgan fingerprint density at radius 3 is 1.69 bits per heavy atom. The van der Waals surface area contributed by atoms with Gasteiger partial charge >= 0.3 is 0 Å². The zero-order valence-electron chi connectivity index (χ0n) is 18.0. The second-order valence-corrected chi connectivity index (χ2v) is 9.91. The normalized spacial score (nSPS) is 45.1. The fraction of sp³-hybridized carbons (Fsp3) is 0.920. The van der Waals surface area contributed by atoms with Crippen molar-refractivity contribution in [1.29, 1.82) is 0 Å². The van der Waals surface area contributed by atoms with E-state index in [0.29, 0.717) is 6.10 Å². The lowest BCUT2D eigenvalue weighted by molar-refractivity contribution is -0.00265. The number of rotatable bonds is 5. The maximum absolute atomic E-state index is 5.60. The third kappa shape index (κ3) is 4.75. The maximum Gasteiger partial charge on any atom is 0.0571 e. The van der Waals surface area contributed by atoms with Crippen molar-refractivity contribution >= 4 is 0 Å². The summed E-state index contributed by atoms with van der Waals surface area (Å²) in [5, 5.41) is 0. The van der Waals surface area contributed by atoms with Gasteiger partial charge in [-0.15, -0.1) is 0 Å². The predicted molar refractivity (Wildman–Crippen MR) is 112 cm³/mol. The molecule has 0 heterocycles. The number of methoxy groups -OCH3 is 1. The first-order valence-electron chi connectivity index (χ1n) is 11.8. The summed E-state index contributed by atoms with van der Waals surface area (Å²) in [5.41, 5.74) is 0. The molecule has 0 amide bonds. The topological polar surface area (TPSA) is 9.23 Å². The van der Waals surface area contributed by atoms with Crippen LogP contribution in [-0.2, 0) is 4.74 Å². The van der Waals surface area contributed by atoms with Gasteiger partial charge in [0, 0.05) is 7.11 Å². The Morgan fingerprint density at radius 1 is 0.731 bits per heavy atom. The third-order valence-corrected chi connectivity index (χ3v) is 8.74. The summed E-state index contributed by atoms with van der Waals surface area (Å²) in [6, 6.07) is 0. The molecule has 0 spiro atoms. The third-order valence-electron chi connectivity index (χ3n) is 8.74. The molecule has 3 aliphatic carbocycles. The number of hydrogen-bond acceptors (Lipinski definition) is 1. The van der Waals surface area contributed by atoms with Gasteiger partial charge in [0.15, 0.2) is 0 Å². The smallest absolute Gasteiger partial charge is 0.0571 e. The van der Waals surface area contributed by atoms with Crippen LogP contribution < -0.4 is 0 Å². The van der Waals surface area contributed by atoms with Gasteiger partial charge in [-0.3, -0.25) is 0 Å². The number of hydrogen-bond donors (Lipinski definition) is 0. The average Bonchev–Trinajstić information content (AvgIpc) is 2.69. The Kier molecular flexibility index (Phi) is 7.67. The Labute approximate surface area is 163 Å². The Bertz CT molecular complexity index is 425.